The number of benzene rings is 2. The molecule has 0 saturated carbocycles. The Kier molecular flexibility index (Phi) is 5.63. The Hall–Kier alpha value is -2.73. The zero-order valence-electron chi connectivity index (χ0n) is 14.9. The molecule has 0 spiro atoms. The summed E-state index contributed by atoms with van der Waals surface area (Å²) in [6.07, 6.45) is 0. The summed E-state index contributed by atoms with van der Waals surface area (Å²) < 4.78 is 12.2. The van der Waals surface area contributed by atoms with E-state index in [0.29, 0.717) is 12.3 Å². The first-order valence-corrected chi connectivity index (χ1v) is 9.09. The van der Waals surface area contributed by atoms with E-state index < -0.39 is 5.97 Å². The molecule has 26 heavy (non-hydrogen) atoms. The largest absolute Gasteiger partial charge is 0.497 e. The lowest BCUT2D eigenvalue weighted by atomic mass is 10.2. The number of carbonyl (C=O) groups excluding carboxylic acids is 1. The highest BCUT2D eigenvalue weighted by atomic mass is 32.2. The van der Waals surface area contributed by atoms with Gasteiger partial charge in [-0.1, -0.05) is 36.0 Å². The maximum atomic E-state index is 12.2. The van der Waals surface area contributed by atoms with Crippen molar-refractivity contribution >= 4 is 17.7 Å². The summed E-state index contributed by atoms with van der Waals surface area (Å²) in [7, 11) is 1.64. The van der Waals surface area contributed by atoms with Crippen LogP contribution >= 0.6 is 11.8 Å². The molecule has 134 valence electrons. The van der Waals surface area contributed by atoms with Crippen LogP contribution in [0.1, 0.15) is 23.0 Å². The molecule has 1 aromatic heterocycles. The van der Waals surface area contributed by atoms with Crippen molar-refractivity contribution < 1.29 is 14.3 Å². The van der Waals surface area contributed by atoms with E-state index in [1.54, 1.807) is 24.8 Å². The van der Waals surface area contributed by atoms with E-state index in [0.717, 1.165) is 26.9 Å². The lowest BCUT2D eigenvalue weighted by Gasteiger charge is -2.10. The smallest absolute Gasteiger partial charge is 0.358 e. The Morgan fingerprint density at radius 2 is 1.96 bits per heavy atom. The lowest BCUT2D eigenvalue weighted by Crippen LogP contribution is -2.07. The van der Waals surface area contributed by atoms with E-state index in [4.69, 9.17) is 9.47 Å². The van der Waals surface area contributed by atoms with Crippen LogP contribution < -0.4 is 4.74 Å². The van der Waals surface area contributed by atoms with Gasteiger partial charge < -0.3 is 9.47 Å². The van der Waals surface area contributed by atoms with Crippen molar-refractivity contribution in [1.82, 2.24) is 9.78 Å². The number of para-hydroxylation sites is 1. The van der Waals surface area contributed by atoms with Gasteiger partial charge in [0.1, 0.15) is 10.8 Å². The Balaban J connectivity index is 2.04. The summed E-state index contributed by atoms with van der Waals surface area (Å²) in [4.78, 5) is 13.1. The van der Waals surface area contributed by atoms with Crippen molar-refractivity contribution in [2.75, 3.05) is 13.7 Å². The van der Waals surface area contributed by atoms with Crippen LogP contribution in [0.4, 0.5) is 0 Å². The van der Waals surface area contributed by atoms with E-state index in [1.165, 1.54) is 11.8 Å². The molecule has 1 heterocycles. The second-order valence-electron chi connectivity index (χ2n) is 5.57. The second-order valence-corrected chi connectivity index (χ2v) is 6.66. The van der Waals surface area contributed by atoms with Gasteiger partial charge in [0, 0.05) is 11.0 Å². The molecule has 5 nitrogen and oxygen atoms in total. The number of hydrogen-bond donors (Lipinski definition) is 0. The normalized spacial score (nSPS) is 10.6. The number of carbonyl (C=O) groups is 1. The molecule has 0 N–H and O–H groups in total. The van der Waals surface area contributed by atoms with Crippen LogP contribution in [0.5, 0.6) is 5.75 Å². The van der Waals surface area contributed by atoms with Gasteiger partial charge in [0.05, 0.1) is 19.4 Å². The number of methoxy groups -OCH3 is 1. The molecule has 3 rings (SSSR count). The Morgan fingerprint density at radius 1 is 1.15 bits per heavy atom. The SMILES string of the molecule is CCOC(=O)c1cc(Sc2cccc(OC)c2)n(-c2ccccc2C)n1. The van der Waals surface area contributed by atoms with Gasteiger partial charge in [-0.2, -0.15) is 5.10 Å². The van der Waals surface area contributed by atoms with Crippen LogP contribution in [0.25, 0.3) is 5.69 Å². The van der Waals surface area contributed by atoms with E-state index in [1.807, 2.05) is 55.5 Å². The molecule has 0 radical (unpaired) electrons. The quantitative estimate of drug-likeness (QED) is 0.599. The highest BCUT2D eigenvalue weighted by Gasteiger charge is 2.18. The third kappa shape index (κ3) is 3.91. The van der Waals surface area contributed by atoms with Crippen LogP contribution in [-0.4, -0.2) is 29.5 Å². The summed E-state index contributed by atoms with van der Waals surface area (Å²) >= 11 is 1.52. The van der Waals surface area contributed by atoms with Gasteiger partial charge in [-0.3, -0.25) is 0 Å². The molecule has 0 aliphatic rings. The number of aromatic nitrogens is 2. The van der Waals surface area contributed by atoms with Crippen molar-refractivity contribution in [2.24, 2.45) is 0 Å². The Morgan fingerprint density at radius 3 is 2.69 bits per heavy atom. The van der Waals surface area contributed by atoms with Crippen molar-refractivity contribution in [2.45, 2.75) is 23.8 Å². The average Bonchev–Trinajstić information content (AvgIpc) is 3.06. The van der Waals surface area contributed by atoms with E-state index in [-0.39, 0.29) is 0 Å². The third-order valence-corrected chi connectivity index (χ3v) is 4.76. The minimum absolute atomic E-state index is 0.292. The molecule has 0 bridgehead atoms. The first-order valence-electron chi connectivity index (χ1n) is 8.27. The van der Waals surface area contributed by atoms with Crippen molar-refractivity contribution in [3.8, 4) is 11.4 Å². The monoisotopic (exact) mass is 368 g/mol. The molecule has 0 amide bonds. The molecule has 2 aromatic carbocycles. The molecule has 3 aromatic rings. The van der Waals surface area contributed by atoms with Gasteiger partial charge in [-0.25, -0.2) is 9.48 Å². The minimum atomic E-state index is -0.424. The molecule has 6 heteroatoms. The lowest BCUT2D eigenvalue weighted by molar-refractivity contribution is 0.0519. The fourth-order valence-corrected chi connectivity index (χ4v) is 3.46. The molecule has 0 aliphatic carbocycles. The molecule has 0 aliphatic heterocycles. The van der Waals surface area contributed by atoms with Gasteiger partial charge in [0.15, 0.2) is 5.69 Å². The third-order valence-electron chi connectivity index (χ3n) is 3.77. The Bertz CT molecular complexity index is 921. The zero-order valence-corrected chi connectivity index (χ0v) is 15.7. The molecule has 0 saturated heterocycles. The average molecular weight is 368 g/mol. The number of esters is 1. The van der Waals surface area contributed by atoms with Crippen LogP contribution in [0.3, 0.4) is 0 Å². The number of hydrogen-bond acceptors (Lipinski definition) is 5. The fraction of sp³-hybridized carbons (Fsp3) is 0.200. The highest BCUT2D eigenvalue weighted by Crippen LogP contribution is 2.32. The predicted molar refractivity (Wildman–Crippen MR) is 101 cm³/mol. The molecule has 0 fully saturated rings. The van der Waals surface area contributed by atoms with Gasteiger partial charge in [-0.15, -0.1) is 0 Å². The topological polar surface area (TPSA) is 53.4 Å². The summed E-state index contributed by atoms with van der Waals surface area (Å²) in [5, 5.41) is 5.32. The maximum Gasteiger partial charge on any atom is 0.358 e. The second kappa shape index (κ2) is 8.10. The first kappa shape index (κ1) is 18.1. The van der Waals surface area contributed by atoms with Crippen molar-refractivity contribution in [3.05, 3.63) is 65.9 Å². The number of rotatable bonds is 6. The van der Waals surface area contributed by atoms with Crippen LogP contribution in [0.2, 0.25) is 0 Å². The van der Waals surface area contributed by atoms with Gasteiger partial charge in [0.2, 0.25) is 0 Å². The first-order chi connectivity index (χ1) is 12.6. The van der Waals surface area contributed by atoms with Crippen molar-refractivity contribution in [1.29, 1.82) is 0 Å². The van der Waals surface area contributed by atoms with Crippen LogP contribution in [0.15, 0.2) is 64.5 Å². The minimum Gasteiger partial charge on any atom is -0.497 e. The Labute approximate surface area is 156 Å². The maximum absolute atomic E-state index is 12.2. The van der Waals surface area contributed by atoms with Crippen LogP contribution in [0, 0.1) is 6.92 Å². The number of nitrogens with zero attached hydrogens (tertiary/aromatic N) is 2. The zero-order chi connectivity index (χ0) is 18.5. The van der Waals surface area contributed by atoms with Gasteiger partial charge in [-0.05, 0) is 43.7 Å². The number of aryl methyl sites for hydroxylation is 1. The molecule has 0 unspecified atom stereocenters. The van der Waals surface area contributed by atoms with Crippen molar-refractivity contribution in [3.63, 3.8) is 0 Å². The highest BCUT2D eigenvalue weighted by molar-refractivity contribution is 7.99. The summed E-state index contributed by atoms with van der Waals surface area (Å²) in [6, 6.07) is 17.4. The van der Waals surface area contributed by atoms with Gasteiger partial charge >= 0.3 is 5.97 Å². The molecular weight excluding hydrogens is 348 g/mol. The predicted octanol–water partition coefficient (Wildman–Crippen LogP) is 4.52. The molecular formula is C20H20N2O3S. The van der Waals surface area contributed by atoms with Gasteiger partial charge in [0.25, 0.3) is 0 Å². The van der Waals surface area contributed by atoms with Crippen LogP contribution in [-0.2, 0) is 4.74 Å². The van der Waals surface area contributed by atoms with E-state index in [9.17, 15) is 4.79 Å². The van der Waals surface area contributed by atoms with E-state index >= 15 is 0 Å². The molecule has 0 atom stereocenters. The summed E-state index contributed by atoms with van der Waals surface area (Å²) in [5.41, 5.74) is 2.28. The summed E-state index contributed by atoms with van der Waals surface area (Å²) in [6.45, 7) is 4.11. The van der Waals surface area contributed by atoms with E-state index in [2.05, 4.69) is 5.10 Å². The number of ether oxygens (including phenoxy) is 2. The fourth-order valence-electron chi connectivity index (χ4n) is 2.50. The summed E-state index contributed by atoms with van der Waals surface area (Å²) in [5.74, 6) is 0.356. The standard InChI is InChI=1S/C20H20N2O3S/c1-4-25-20(23)17-13-19(26-16-10-7-9-15(12-16)24-3)22(21-17)18-11-6-5-8-14(18)2/h5-13H,4H2,1-3H3.